The molecule has 9 heteroatoms. The van der Waals surface area contributed by atoms with Crippen LogP contribution in [0.25, 0.3) is 11.2 Å². The Morgan fingerprint density at radius 1 is 0.814 bits per heavy atom. The summed E-state index contributed by atoms with van der Waals surface area (Å²) in [5, 5.41) is 3.73. The van der Waals surface area contributed by atoms with E-state index in [9.17, 15) is 4.21 Å². The number of imidazole rings is 1. The third-order valence-electron chi connectivity index (χ3n) is 7.27. The molecule has 0 spiro atoms. The van der Waals surface area contributed by atoms with Crippen molar-refractivity contribution in [1.82, 2.24) is 19.5 Å². The maximum Gasteiger partial charge on any atom is 0.206 e. The molecule has 0 aliphatic carbocycles. The van der Waals surface area contributed by atoms with E-state index in [1.165, 1.54) is 0 Å². The molecule has 43 heavy (non-hydrogen) atoms. The maximum absolute atomic E-state index is 14.0. The Bertz CT molecular complexity index is 1830. The van der Waals surface area contributed by atoms with Gasteiger partial charge in [-0.05, 0) is 24.6 Å². The van der Waals surface area contributed by atoms with E-state index in [0.29, 0.717) is 39.3 Å². The summed E-state index contributed by atoms with van der Waals surface area (Å²) in [5.41, 5.74) is 1.16. The zero-order chi connectivity index (χ0) is 29.6. The Kier molecular flexibility index (Phi) is 8.59. The average molecular weight is 606 g/mol. The van der Waals surface area contributed by atoms with Crippen molar-refractivity contribution in [2.45, 2.75) is 36.4 Å². The molecule has 0 bridgehead atoms. The van der Waals surface area contributed by atoms with Gasteiger partial charge in [-0.3, -0.25) is 0 Å². The lowest BCUT2D eigenvalue weighted by molar-refractivity contribution is 0.413. The minimum atomic E-state index is -2.61. The fourth-order valence-corrected chi connectivity index (χ4v) is 9.82. The summed E-state index contributed by atoms with van der Waals surface area (Å²) in [6.45, 7) is 2.76. The van der Waals surface area contributed by atoms with Crippen LogP contribution >= 0.6 is 7.05 Å². The monoisotopic (exact) mass is 605 g/mol. The molecule has 0 aliphatic rings. The van der Waals surface area contributed by atoms with Gasteiger partial charge in [0.25, 0.3) is 0 Å². The van der Waals surface area contributed by atoms with E-state index in [4.69, 9.17) is 19.4 Å². The molecule has 4 aromatic carbocycles. The molecule has 6 aromatic rings. The number of unbranched alkanes of at least 4 members (excludes halogenated alkanes) is 1. The predicted octanol–water partition coefficient (Wildman–Crippen LogP) is 6.61. The molecule has 0 fully saturated rings. The lowest BCUT2D eigenvalue weighted by Crippen LogP contribution is -2.25. The molecule has 0 saturated carbocycles. The van der Waals surface area contributed by atoms with Crippen LogP contribution in [0.15, 0.2) is 136 Å². The fourth-order valence-electron chi connectivity index (χ4n) is 5.15. The third-order valence-corrected chi connectivity index (χ3v) is 12.2. The van der Waals surface area contributed by atoms with E-state index in [1.54, 1.807) is 19.5 Å². The van der Waals surface area contributed by atoms with E-state index in [1.807, 2.05) is 41.0 Å². The van der Waals surface area contributed by atoms with E-state index in [0.717, 1.165) is 28.8 Å². The quantitative estimate of drug-likeness (QED) is 0.164. The van der Waals surface area contributed by atoms with Gasteiger partial charge in [-0.25, -0.2) is 23.9 Å². The van der Waals surface area contributed by atoms with Crippen LogP contribution in [-0.4, -0.2) is 30.8 Å². The number of hydrogen-bond acceptors (Lipinski definition) is 6. The number of ether oxygens (including phenoxy) is 1. The number of nitrogens with zero attached hydrogens (tertiary/aromatic N) is 5. The van der Waals surface area contributed by atoms with Crippen LogP contribution in [0.2, 0.25) is 0 Å². The highest BCUT2D eigenvalue weighted by atomic mass is 32.2. The molecule has 0 N–H and O–H groups in total. The number of fused-ring (bicyclic) bond motifs is 1. The first-order valence-electron chi connectivity index (χ1n) is 14.2. The van der Waals surface area contributed by atoms with E-state index in [-0.39, 0.29) is 0 Å². The van der Waals surface area contributed by atoms with Crippen molar-refractivity contribution in [2.75, 3.05) is 7.11 Å². The standard InChI is InChI=1S/C34H32N5O2PS/c1-3-4-23-39-33-31(37-34(39)43(40)30-22-14-15-26(24-30)41-2)32(35-25-36-33)38-42(27-16-8-5-9-17-27,28-18-10-6-11-19-28)29-20-12-7-13-21-29/h5-22,24-25H,3-4,23H2,1-2H3. The molecule has 216 valence electrons. The minimum absolute atomic E-state index is 0.428. The molecule has 0 radical (unpaired) electrons. The molecule has 6 rings (SSSR count). The van der Waals surface area contributed by atoms with Crippen molar-refractivity contribution in [3.8, 4) is 5.75 Å². The second-order valence-corrected chi connectivity index (χ2v) is 14.4. The predicted molar refractivity (Wildman–Crippen MR) is 175 cm³/mol. The first-order chi connectivity index (χ1) is 21.2. The van der Waals surface area contributed by atoms with Crippen LogP contribution in [0.4, 0.5) is 5.82 Å². The number of methoxy groups -OCH3 is 1. The van der Waals surface area contributed by atoms with Crippen molar-refractivity contribution in [3.63, 3.8) is 0 Å². The Balaban J connectivity index is 1.66. The number of hydrogen-bond donors (Lipinski definition) is 0. The van der Waals surface area contributed by atoms with Gasteiger partial charge in [-0.2, -0.15) is 0 Å². The van der Waals surface area contributed by atoms with Crippen LogP contribution in [0.3, 0.4) is 0 Å². The summed E-state index contributed by atoms with van der Waals surface area (Å²) in [6, 6.07) is 38.5. The molecule has 2 aromatic heterocycles. The summed E-state index contributed by atoms with van der Waals surface area (Å²) in [4.78, 5) is 15.0. The van der Waals surface area contributed by atoms with Crippen molar-refractivity contribution in [3.05, 3.63) is 122 Å². The molecule has 0 amide bonds. The smallest absolute Gasteiger partial charge is 0.206 e. The lowest BCUT2D eigenvalue weighted by Gasteiger charge is -2.26. The Labute approximate surface area is 254 Å². The van der Waals surface area contributed by atoms with Crippen molar-refractivity contribution in [2.24, 2.45) is 4.74 Å². The van der Waals surface area contributed by atoms with Gasteiger partial charge in [-0.15, -0.1) is 0 Å². The molecule has 1 unspecified atom stereocenters. The van der Waals surface area contributed by atoms with Crippen molar-refractivity contribution < 1.29 is 8.95 Å². The third kappa shape index (κ3) is 5.56. The van der Waals surface area contributed by atoms with Crippen LogP contribution in [0.1, 0.15) is 19.8 Å². The van der Waals surface area contributed by atoms with Crippen LogP contribution in [-0.2, 0) is 17.3 Å². The lowest BCUT2D eigenvalue weighted by atomic mass is 10.3. The highest BCUT2D eigenvalue weighted by Crippen LogP contribution is 2.49. The summed E-state index contributed by atoms with van der Waals surface area (Å²) in [6.07, 6.45) is 3.40. The second-order valence-electron chi connectivity index (χ2n) is 9.96. The number of rotatable bonds is 10. The number of aryl methyl sites for hydroxylation is 1. The normalized spacial score (nSPS) is 12.2. The van der Waals surface area contributed by atoms with Crippen molar-refractivity contribution >= 4 is 50.7 Å². The first-order valence-corrected chi connectivity index (χ1v) is 17.1. The molecule has 0 aliphatic heterocycles. The van der Waals surface area contributed by atoms with Gasteiger partial charge in [0.05, 0.1) is 19.1 Å². The Morgan fingerprint density at radius 2 is 1.42 bits per heavy atom. The average Bonchev–Trinajstić information content (AvgIpc) is 3.46. The summed E-state index contributed by atoms with van der Waals surface area (Å²) >= 11 is 0. The zero-order valence-corrected chi connectivity index (χ0v) is 25.8. The van der Waals surface area contributed by atoms with Gasteiger partial charge < -0.3 is 9.30 Å². The second kappa shape index (κ2) is 12.9. The molecule has 1 atom stereocenters. The van der Waals surface area contributed by atoms with E-state index in [2.05, 4.69) is 84.7 Å². The van der Waals surface area contributed by atoms with Crippen LogP contribution < -0.4 is 20.7 Å². The van der Waals surface area contributed by atoms with Gasteiger partial charge >= 0.3 is 0 Å². The highest BCUT2D eigenvalue weighted by molar-refractivity contribution is 7.87. The summed E-state index contributed by atoms with van der Waals surface area (Å²) < 4.78 is 27.0. The Hall–Kier alpha value is -4.39. The molecule has 7 nitrogen and oxygen atoms in total. The molecular weight excluding hydrogens is 573 g/mol. The molecular formula is C34H32N5O2PS. The van der Waals surface area contributed by atoms with E-state index >= 15 is 0 Å². The van der Waals surface area contributed by atoms with Gasteiger partial charge in [0, 0.05) is 22.5 Å². The van der Waals surface area contributed by atoms with Crippen molar-refractivity contribution in [1.29, 1.82) is 0 Å². The van der Waals surface area contributed by atoms with Gasteiger partial charge in [0.2, 0.25) is 5.16 Å². The van der Waals surface area contributed by atoms with Gasteiger partial charge in [0.15, 0.2) is 17.0 Å². The first kappa shape index (κ1) is 28.7. The van der Waals surface area contributed by atoms with Gasteiger partial charge in [0.1, 0.15) is 22.9 Å². The Morgan fingerprint density at radius 3 is 1.98 bits per heavy atom. The fraction of sp³-hybridized carbons (Fsp3) is 0.147. The van der Waals surface area contributed by atoms with E-state index < -0.39 is 17.9 Å². The maximum atomic E-state index is 14.0. The zero-order valence-electron chi connectivity index (χ0n) is 24.1. The van der Waals surface area contributed by atoms with Crippen LogP contribution in [0, 0.1) is 0 Å². The summed E-state index contributed by atoms with van der Waals surface area (Å²) in [7, 11) is -2.58. The topological polar surface area (TPSA) is 82.3 Å². The number of aromatic nitrogens is 4. The minimum Gasteiger partial charge on any atom is -0.497 e. The molecule has 2 heterocycles. The highest BCUT2D eigenvalue weighted by Gasteiger charge is 2.29. The summed E-state index contributed by atoms with van der Waals surface area (Å²) in [5.74, 6) is 1.12. The largest absolute Gasteiger partial charge is 0.497 e. The SMILES string of the molecule is CCCCn1c(S(=O)c2cccc(OC)c2)nc2c(N=P(c3ccccc3)(c3ccccc3)c3ccccc3)ncnc21. The number of benzene rings is 4. The van der Waals surface area contributed by atoms with Crippen LogP contribution in [0.5, 0.6) is 5.75 Å². The van der Waals surface area contributed by atoms with Gasteiger partial charge in [-0.1, -0.05) is 110 Å². The molecule has 0 saturated heterocycles.